The highest BCUT2D eigenvalue weighted by Crippen LogP contribution is 2.31. The molecule has 0 aliphatic carbocycles. The van der Waals surface area contributed by atoms with Gasteiger partial charge in [0, 0.05) is 25.6 Å². The molecule has 0 aliphatic rings. The molecule has 2 aromatic carbocycles. The molecule has 3 N–H and O–H groups in total. The third-order valence-electron chi connectivity index (χ3n) is 3.49. The fraction of sp³-hybridized carbons (Fsp3) is 0.278. The quantitative estimate of drug-likeness (QED) is 0.626. The number of hydrogen-bond acceptors (Lipinski definition) is 4. The fourth-order valence-electron chi connectivity index (χ4n) is 2.29. The van der Waals surface area contributed by atoms with Gasteiger partial charge in [-0.1, -0.05) is 41.9 Å². The van der Waals surface area contributed by atoms with Gasteiger partial charge >= 0.3 is 0 Å². The predicted molar refractivity (Wildman–Crippen MR) is 107 cm³/mol. The van der Waals surface area contributed by atoms with Crippen molar-refractivity contribution in [3.05, 3.63) is 64.4 Å². The normalized spacial score (nSPS) is 10.8. The standard InChI is InChI=1S/C18H19ClFN3O.2ClH/c19-15-11-18(14(12-22)10-16(15)20)24-17(6-8-23-9-7-21)13-4-2-1-3-5-13;;/h1-5,10-11,17,23H,6-9,21H2;2*1H/t17-;;/m1../s1. The summed E-state index contributed by atoms with van der Waals surface area (Å²) in [5.74, 6) is -0.363. The molecule has 0 amide bonds. The van der Waals surface area contributed by atoms with Crippen molar-refractivity contribution in [1.82, 2.24) is 5.32 Å². The van der Waals surface area contributed by atoms with Crippen LogP contribution in [0, 0.1) is 17.1 Å². The zero-order chi connectivity index (χ0) is 17.4. The molecule has 2 aromatic rings. The number of ether oxygens (including phenoxy) is 1. The molecule has 0 unspecified atom stereocenters. The monoisotopic (exact) mass is 419 g/mol. The summed E-state index contributed by atoms with van der Waals surface area (Å²) in [6.07, 6.45) is 0.384. The molecule has 0 aliphatic heterocycles. The molecule has 0 heterocycles. The first-order valence-corrected chi connectivity index (χ1v) is 8.05. The van der Waals surface area contributed by atoms with Crippen molar-refractivity contribution in [2.45, 2.75) is 12.5 Å². The van der Waals surface area contributed by atoms with Gasteiger partial charge < -0.3 is 15.8 Å². The van der Waals surface area contributed by atoms with E-state index in [4.69, 9.17) is 22.1 Å². The molecule has 0 saturated carbocycles. The molecule has 142 valence electrons. The zero-order valence-corrected chi connectivity index (χ0v) is 16.3. The van der Waals surface area contributed by atoms with E-state index in [1.165, 1.54) is 6.07 Å². The van der Waals surface area contributed by atoms with E-state index in [1.54, 1.807) is 0 Å². The molecule has 0 fully saturated rings. The van der Waals surface area contributed by atoms with Gasteiger partial charge in [0.2, 0.25) is 0 Å². The predicted octanol–water partition coefficient (Wildman–Crippen LogP) is 4.25. The first-order chi connectivity index (χ1) is 11.7. The zero-order valence-electron chi connectivity index (χ0n) is 14.0. The molecule has 26 heavy (non-hydrogen) atoms. The lowest BCUT2D eigenvalue weighted by molar-refractivity contribution is 0.193. The summed E-state index contributed by atoms with van der Waals surface area (Å²) in [5.41, 5.74) is 6.56. The highest BCUT2D eigenvalue weighted by Gasteiger charge is 2.17. The lowest BCUT2D eigenvalue weighted by Crippen LogP contribution is -2.25. The number of nitrogens with two attached hydrogens (primary N) is 1. The highest BCUT2D eigenvalue weighted by atomic mass is 35.5. The Bertz CT molecular complexity index is 711. The number of hydrogen-bond donors (Lipinski definition) is 2. The van der Waals surface area contributed by atoms with E-state index < -0.39 is 5.82 Å². The third kappa shape index (κ3) is 6.99. The van der Waals surface area contributed by atoms with Crippen molar-refractivity contribution < 1.29 is 9.13 Å². The summed E-state index contributed by atoms with van der Waals surface area (Å²) in [6.45, 7) is 1.98. The number of nitrogens with one attached hydrogen (secondary N) is 1. The van der Waals surface area contributed by atoms with Crippen LogP contribution in [0.1, 0.15) is 23.7 Å². The van der Waals surface area contributed by atoms with E-state index in [0.29, 0.717) is 26.1 Å². The van der Waals surface area contributed by atoms with Crippen LogP contribution in [-0.4, -0.2) is 19.6 Å². The molecule has 0 aromatic heterocycles. The van der Waals surface area contributed by atoms with E-state index in [9.17, 15) is 9.65 Å². The molecular weight excluding hydrogens is 400 g/mol. The highest BCUT2D eigenvalue weighted by molar-refractivity contribution is 6.30. The molecule has 0 bridgehead atoms. The van der Waals surface area contributed by atoms with Gasteiger partial charge in [-0.2, -0.15) is 5.26 Å². The van der Waals surface area contributed by atoms with E-state index in [1.807, 2.05) is 36.4 Å². The summed E-state index contributed by atoms with van der Waals surface area (Å²) < 4.78 is 19.5. The Balaban J connectivity index is 0.00000312. The number of nitrogens with zero attached hydrogens (tertiary/aromatic N) is 1. The van der Waals surface area contributed by atoms with Crippen molar-refractivity contribution in [3.63, 3.8) is 0 Å². The third-order valence-corrected chi connectivity index (χ3v) is 3.78. The number of benzene rings is 2. The summed E-state index contributed by atoms with van der Waals surface area (Å²) >= 11 is 5.83. The van der Waals surface area contributed by atoms with Crippen molar-refractivity contribution in [2.75, 3.05) is 19.6 Å². The Morgan fingerprint density at radius 3 is 2.50 bits per heavy atom. The number of rotatable bonds is 8. The fourth-order valence-corrected chi connectivity index (χ4v) is 2.44. The lowest BCUT2D eigenvalue weighted by atomic mass is 10.1. The van der Waals surface area contributed by atoms with Crippen LogP contribution in [0.2, 0.25) is 5.02 Å². The Hall–Kier alpha value is -1.55. The van der Waals surface area contributed by atoms with Crippen LogP contribution in [-0.2, 0) is 0 Å². The molecule has 4 nitrogen and oxygen atoms in total. The van der Waals surface area contributed by atoms with Gasteiger partial charge in [-0.3, -0.25) is 0 Å². The Kier molecular flexibility index (Phi) is 12.0. The topological polar surface area (TPSA) is 71.1 Å². The second kappa shape index (κ2) is 12.7. The van der Waals surface area contributed by atoms with Gasteiger partial charge in [0.05, 0.1) is 10.6 Å². The first-order valence-electron chi connectivity index (χ1n) is 7.67. The van der Waals surface area contributed by atoms with Crippen LogP contribution in [0.15, 0.2) is 42.5 Å². The van der Waals surface area contributed by atoms with Gasteiger partial charge in [0.1, 0.15) is 23.7 Å². The van der Waals surface area contributed by atoms with Gasteiger partial charge in [0.15, 0.2) is 0 Å². The molecule has 2 rings (SSSR count). The van der Waals surface area contributed by atoms with Crippen molar-refractivity contribution in [3.8, 4) is 11.8 Å². The molecule has 0 saturated heterocycles. The minimum Gasteiger partial charge on any atom is -0.484 e. The van der Waals surface area contributed by atoms with Crippen LogP contribution < -0.4 is 15.8 Å². The number of nitriles is 1. The summed E-state index contributed by atoms with van der Waals surface area (Å²) in [5, 5.41) is 12.3. The van der Waals surface area contributed by atoms with E-state index in [0.717, 1.165) is 11.6 Å². The Morgan fingerprint density at radius 2 is 1.88 bits per heavy atom. The SMILES string of the molecule is Cl.Cl.N#Cc1cc(F)c(Cl)cc1O[C@H](CCNCCN)c1ccccc1. The number of halogens is 4. The van der Waals surface area contributed by atoms with Crippen LogP contribution in [0.3, 0.4) is 0 Å². The molecule has 1 atom stereocenters. The van der Waals surface area contributed by atoms with Gasteiger partial charge in [-0.15, -0.1) is 24.8 Å². The summed E-state index contributed by atoms with van der Waals surface area (Å²) in [6, 6.07) is 14.0. The van der Waals surface area contributed by atoms with E-state index in [2.05, 4.69) is 5.32 Å². The minimum atomic E-state index is -0.638. The first kappa shape index (κ1) is 24.5. The largest absolute Gasteiger partial charge is 0.484 e. The lowest BCUT2D eigenvalue weighted by Gasteiger charge is -2.21. The summed E-state index contributed by atoms with van der Waals surface area (Å²) in [4.78, 5) is 0. The second-order valence-electron chi connectivity index (χ2n) is 5.22. The van der Waals surface area contributed by atoms with E-state index >= 15 is 0 Å². The van der Waals surface area contributed by atoms with Crippen LogP contribution in [0.4, 0.5) is 4.39 Å². The summed E-state index contributed by atoms with van der Waals surface area (Å²) in [7, 11) is 0. The van der Waals surface area contributed by atoms with Gasteiger partial charge in [-0.05, 0) is 18.2 Å². The van der Waals surface area contributed by atoms with Crippen LogP contribution in [0.5, 0.6) is 5.75 Å². The second-order valence-corrected chi connectivity index (χ2v) is 5.63. The molecule has 0 radical (unpaired) electrons. The van der Waals surface area contributed by atoms with Crippen LogP contribution >= 0.6 is 36.4 Å². The Morgan fingerprint density at radius 1 is 1.19 bits per heavy atom. The maximum Gasteiger partial charge on any atom is 0.143 e. The average molecular weight is 421 g/mol. The van der Waals surface area contributed by atoms with Crippen molar-refractivity contribution in [2.24, 2.45) is 5.73 Å². The van der Waals surface area contributed by atoms with Crippen molar-refractivity contribution >= 4 is 36.4 Å². The van der Waals surface area contributed by atoms with Crippen molar-refractivity contribution in [1.29, 1.82) is 5.26 Å². The van der Waals surface area contributed by atoms with Gasteiger partial charge in [-0.25, -0.2) is 4.39 Å². The van der Waals surface area contributed by atoms with Gasteiger partial charge in [0.25, 0.3) is 0 Å². The Labute approximate surface area is 170 Å². The maximum atomic E-state index is 13.5. The minimum absolute atomic E-state index is 0. The molecule has 8 heteroatoms. The molecular formula is C18H21Cl3FN3O. The van der Waals surface area contributed by atoms with Crippen LogP contribution in [0.25, 0.3) is 0 Å². The van der Waals surface area contributed by atoms with E-state index in [-0.39, 0.29) is 47.3 Å². The molecule has 0 spiro atoms. The average Bonchev–Trinajstić information content (AvgIpc) is 2.61. The maximum absolute atomic E-state index is 13.5. The smallest absolute Gasteiger partial charge is 0.143 e.